The molecular formula is C56H44N2O2. The van der Waals surface area contributed by atoms with Crippen LogP contribution in [0.1, 0.15) is 33.4 Å². The third-order valence-electron chi connectivity index (χ3n) is 12.5. The Kier molecular flexibility index (Phi) is 8.15. The number of fused-ring (bicyclic) bond motifs is 9. The van der Waals surface area contributed by atoms with E-state index in [1.165, 1.54) is 44.8 Å². The maximum Gasteiger partial charge on any atom is 0.178 e. The van der Waals surface area contributed by atoms with Crippen LogP contribution in [0.15, 0.2) is 167 Å². The predicted molar refractivity (Wildman–Crippen MR) is 254 cm³/mol. The molecule has 0 fully saturated rings. The number of anilines is 6. The highest BCUT2D eigenvalue weighted by Crippen LogP contribution is 2.46. The largest absolute Gasteiger partial charge is 0.452 e. The van der Waals surface area contributed by atoms with Gasteiger partial charge in [-0.25, -0.2) is 0 Å². The van der Waals surface area contributed by atoms with Crippen molar-refractivity contribution in [1.29, 1.82) is 0 Å². The number of para-hydroxylation sites is 2. The summed E-state index contributed by atoms with van der Waals surface area (Å²) in [7, 11) is 0. The minimum atomic E-state index is 0.797. The number of hydrogen-bond acceptors (Lipinski definition) is 4. The maximum absolute atomic E-state index is 6.90. The molecule has 4 nitrogen and oxygen atoms in total. The Hall–Kier alpha value is -7.30. The van der Waals surface area contributed by atoms with E-state index in [1.54, 1.807) is 0 Å². The van der Waals surface area contributed by atoms with Gasteiger partial charge in [0.1, 0.15) is 11.2 Å². The zero-order chi connectivity index (χ0) is 40.8. The van der Waals surface area contributed by atoms with Gasteiger partial charge in [0.15, 0.2) is 11.2 Å². The first-order chi connectivity index (χ1) is 29.2. The molecule has 11 aromatic rings. The van der Waals surface area contributed by atoms with Crippen molar-refractivity contribution in [3.05, 3.63) is 191 Å². The Bertz CT molecular complexity index is 3270. The van der Waals surface area contributed by atoms with Crippen LogP contribution in [0.4, 0.5) is 34.1 Å². The first kappa shape index (κ1) is 35.8. The van der Waals surface area contributed by atoms with Gasteiger partial charge in [-0.2, -0.15) is 0 Å². The molecule has 290 valence electrons. The molecule has 0 unspecified atom stereocenters. The minimum absolute atomic E-state index is 0.797. The number of aryl methyl sites for hydroxylation is 6. The number of furan rings is 2. The van der Waals surface area contributed by atoms with E-state index in [0.29, 0.717) is 0 Å². The number of nitrogens with zero attached hydrogens (tertiary/aromatic N) is 2. The molecule has 0 saturated heterocycles. The second kappa shape index (κ2) is 13.6. The van der Waals surface area contributed by atoms with E-state index < -0.39 is 0 Å². The molecular weight excluding hydrogens is 733 g/mol. The zero-order valence-electron chi connectivity index (χ0n) is 34.7. The molecule has 0 bridgehead atoms. The Morgan fingerprint density at radius 2 is 0.767 bits per heavy atom. The van der Waals surface area contributed by atoms with E-state index >= 15 is 0 Å². The molecule has 2 aromatic heterocycles. The van der Waals surface area contributed by atoms with Gasteiger partial charge in [0.05, 0.1) is 0 Å². The summed E-state index contributed by atoms with van der Waals surface area (Å²) in [5.74, 6) is 0. The molecule has 4 heteroatoms. The van der Waals surface area contributed by atoms with Crippen molar-refractivity contribution in [1.82, 2.24) is 0 Å². The topological polar surface area (TPSA) is 32.8 Å². The fraction of sp³-hybridized carbons (Fsp3) is 0.107. The molecule has 0 spiro atoms. The van der Waals surface area contributed by atoms with Crippen LogP contribution in [0.3, 0.4) is 0 Å². The Morgan fingerprint density at radius 1 is 0.350 bits per heavy atom. The molecule has 0 atom stereocenters. The van der Waals surface area contributed by atoms with E-state index in [4.69, 9.17) is 8.83 Å². The molecule has 0 N–H and O–H groups in total. The number of hydrogen-bond donors (Lipinski definition) is 0. The lowest BCUT2D eigenvalue weighted by molar-refractivity contribution is 0.633. The van der Waals surface area contributed by atoms with Gasteiger partial charge in [-0.05, 0) is 181 Å². The quantitative estimate of drug-likeness (QED) is 0.168. The van der Waals surface area contributed by atoms with Gasteiger partial charge in [0.2, 0.25) is 0 Å². The van der Waals surface area contributed by atoms with Gasteiger partial charge in [0.25, 0.3) is 0 Å². The fourth-order valence-corrected chi connectivity index (χ4v) is 9.30. The van der Waals surface area contributed by atoms with Crippen LogP contribution >= 0.6 is 0 Å². The lowest BCUT2D eigenvalue weighted by atomic mass is 9.96. The molecule has 2 heterocycles. The molecule has 0 saturated carbocycles. The van der Waals surface area contributed by atoms with Crippen molar-refractivity contribution < 1.29 is 8.83 Å². The summed E-state index contributed by atoms with van der Waals surface area (Å²) in [5.41, 5.74) is 17.4. The molecule has 9 aromatic carbocycles. The molecule has 0 amide bonds. The zero-order valence-corrected chi connectivity index (χ0v) is 34.7. The summed E-state index contributed by atoms with van der Waals surface area (Å²) >= 11 is 0. The van der Waals surface area contributed by atoms with Crippen molar-refractivity contribution in [3.63, 3.8) is 0 Å². The third-order valence-corrected chi connectivity index (χ3v) is 12.5. The highest BCUT2D eigenvalue weighted by atomic mass is 16.4. The molecule has 11 rings (SSSR count). The lowest BCUT2D eigenvalue weighted by Gasteiger charge is -2.27. The standard InChI is InChI=1S/C56H44N2O2/c1-33-17-19-35(3)49(25-33)57(43-13-9-7-10-14-43)45-23-21-39-29-47-51(31-41(39)27-45)59-55-53(47)37(5)38(6)54-48-30-40-22-24-46(28-42(40)32-52(48)60-56(54)55)58(44-15-11-8-12-16-44)50-26-34(2)18-20-36(50)4/h7-32H,1-6H3. The van der Waals surface area contributed by atoms with Gasteiger partial charge in [-0.3, -0.25) is 0 Å². The number of benzene rings is 9. The summed E-state index contributed by atoms with van der Waals surface area (Å²) in [6, 6.07) is 57.0. The first-order valence-electron chi connectivity index (χ1n) is 20.7. The van der Waals surface area contributed by atoms with Crippen LogP contribution in [0.5, 0.6) is 0 Å². The van der Waals surface area contributed by atoms with Gasteiger partial charge in [-0.1, -0.05) is 72.8 Å². The SMILES string of the molecule is Cc1ccc(C)c(N(c2ccccc2)c2ccc3cc4c(cc3c2)oc2c3oc5cc6cc(N(c7ccccc7)c7cc(C)ccc7C)ccc6cc5c3c(C)c(C)c42)c1. The van der Waals surface area contributed by atoms with E-state index in [0.717, 1.165) is 88.2 Å². The van der Waals surface area contributed by atoms with Crippen molar-refractivity contribution in [2.45, 2.75) is 41.5 Å². The van der Waals surface area contributed by atoms with Crippen molar-refractivity contribution in [3.8, 4) is 0 Å². The summed E-state index contributed by atoms with van der Waals surface area (Å²) in [4.78, 5) is 4.71. The summed E-state index contributed by atoms with van der Waals surface area (Å²) in [6.07, 6.45) is 0. The lowest BCUT2D eigenvalue weighted by Crippen LogP contribution is -2.11. The van der Waals surface area contributed by atoms with E-state index in [9.17, 15) is 0 Å². The average Bonchev–Trinajstić information content (AvgIpc) is 3.82. The smallest absolute Gasteiger partial charge is 0.178 e. The Morgan fingerprint density at radius 3 is 1.18 bits per heavy atom. The summed E-state index contributed by atoms with van der Waals surface area (Å²) in [6.45, 7) is 13.1. The fourth-order valence-electron chi connectivity index (χ4n) is 9.30. The highest BCUT2D eigenvalue weighted by molar-refractivity contribution is 6.24. The molecule has 0 aliphatic carbocycles. The van der Waals surface area contributed by atoms with Crippen LogP contribution in [0.25, 0.3) is 65.4 Å². The van der Waals surface area contributed by atoms with Gasteiger partial charge < -0.3 is 18.6 Å². The number of rotatable bonds is 6. The van der Waals surface area contributed by atoms with Crippen molar-refractivity contribution in [2.75, 3.05) is 9.80 Å². The summed E-state index contributed by atoms with van der Waals surface area (Å²) < 4.78 is 13.8. The van der Waals surface area contributed by atoms with Crippen LogP contribution in [0, 0.1) is 41.5 Å². The van der Waals surface area contributed by atoms with Crippen LogP contribution < -0.4 is 9.80 Å². The highest BCUT2D eigenvalue weighted by Gasteiger charge is 2.23. The van der Waals surface area contributed by atoms with Crippen LogP contribution in [-0.4, -0.2) is 0 Å². The Balaban J connectivity index is 1.07. The summed E-state index contributed by atoms with van der Waals surface area (Å²) in [5, 5.41) is 8.99. The van der Waals surface area contributed by atoms with E-state index in [1.807, 2.05) is 0 Å². The second-order valence-corrected chi connectivity index (χ2v) is 16.5. The monoisotopic (exact) mass is 776 g/mol. The van der Waals surface area contributed by atoms with Crippen LogP contribution in [-0.2, 0) is 0 Å². The maximum atomic E-state index is 6.90. The molecule has 0 aliphatic heterocycles. The van der Waals surface area contributed by atoms with Gasteiger partial charge in [0, 0.05) is 55.7 Å². The van der Waals surface area contributed by atoms with Crippen LogP contribution in [0.2, 0.25) is 0 Å². The van der Waals surface area contributed by atoms with Gasteiger partial charge >= 0.3 is 0 Å². The first-order valence-corrected chi connectivity index (χ1v) is 20.7. The molecule has 60 heavy (non-hydrogen) atoms. The Labute approximate surface area is 349 Å². The van der Waals surface area contributed by atoms with Gasteiger partial charge in [-0.15, -0.1) is 0 Å². The molecule has 0 aliphatic rings. The predicted octanol–water partition coefficient (Wildman–Crippen LogP) is 16.6. The average molecular weight is 777 g/mol. The van der Waals surface area contributed by atoms with E-state index in [2.05, 4.69) is 209 Å². The minimum Gasteiger partial charge on any atom is -0.452 e. The van der Waals surface area contributed by atoms with Crippen molar-refractivity contribution >= 4 is 99.5 Å². The second-order valence-electron chi connectivity index (χ2n) is 16.5. The normalized spacial score (nSPS) is 11.8. The molecule has 0 radical (unpaired) electrons. The van der Waals surface area contributed by atoms with E-state index in [-0.39, 0.29) is 0 Å². The van der Waals surface area contributed by atoms with Crippen molar-refractivity contribution in [2.24, 2.45) is 0 Å². The third kappa shape index (κ3) is 5.66.